The lowest BCUT2D eigenvalue weighted by Crippen LogP contribution is -2.40. The van der Waals surface area contributed by atoms with Crippen LogP contribution < -0.4 is 5.32 Å². The number of nitrogens with one attached hydrogen (secondary N) is 1. The molecule has 67 valence electrons. The van der Waals surface area contributed by atoms with Crippen LogP contribution in [0.4, 0.5) is 0 Å². The van der Waals surface area contributed by atoms with Crippen molar-refractivity contribution in [3.05, 3.63) is 6.54 Å². The fourth-order valence-corrected chi connectivity index (χ4v) is 1.08. The number of ether oxygens (including phenoxy) is 1. The number of nitrogens with zero attached hydrogens (tertiary/aromatic N) is 1. The molecule has 0 saturated heterocycles. The zero-order valence-electron chi connectivity index (χ0n) is 6.78. The van der Waals surface area contributed by atoms with Crippen LogP contribution >= 0.6 is 12.6 Å². The molecule has 1 radical (unpaired) electrons. The first-order chi connectivity index (χ1) is 5.77. The monoisotopic (exact) mass is 187 g/mol. The van der Waals surface area contributed by atoms with E-state index in [9.17, 15) is 4.79 Å². The van der Waals surface area contributed by atoms with Gasteiger partial charge in [-0.25, -0.2) is 4.99 Å². The number of rotatable bonds is 2. The van der Waals surface area contributed by atoms with Gasteiger partial charge in [0.25, 0.3) is 0 Å². The summed E-state index contributed by atoms with van der Waals surface area (Å²) in [5.41, 5.74) is 0. The summed E-state index contributed by atoms with van der Waals surface area (Å²) in [6, 6.07) is -0.417. The van der Waals surface area contributed by atoms with E-state index >= 15 is 0 Å². The molecule has 0 bridgehead atoms. The average molecular weight is 187 g/mol. The van der Waals surface area contributed by atoms with Gasteiger partial charge in [0, 0.05) is 5.75 Å². The van der Waals surface area contributed by atoms with Gasteiger partial charge in [0.05, 0.1) is 6.61 Å². The summed E-state index contributed by atoms with van der Waals surface area (Å²) >= 11 is 3.99. The van der Waals surface area contributed by atoms with E-state index in [2.05, 4.69) is 22.9 Å². The minimum absolute atomic E-state index is 0.131. The quantitative estimate of drug-likeness (QED) is 0.598. The molecule has 0 aliphatic carbocycles. The van der Waals surface area contributed by atoms with Crippen molar-refractivity contribution >= 4 is 24.4 Å². The molecule has 0 unspecified atom stereocenters. The molecule has 1 amide bonds. The summed E-state index contributed by atoms with van der Waals surface area (Å²) in [6.45, 7) is 3.87. The molecule has 1 atom stereocenters. The van der Waals surface area contributed by atoms with Gasteiger partial charge in [-0.2, -0.15) is 12.6 Å². The fourth-order valence-electron chi connectivity index (χ4n) is 0.829. The molecule has 0 saturated carbocycles. The van der Waals surface area contributed by atoms with Crippen LogP contribution in [0.5, 0.6) is 0 Å². The molecule has 0 spiro atoms. The Hall–Kier alpha value is -0.710. The van der Waals surface area contributed by atoms with Gasteiger partial charge in [0.1, 0.15) is 12.6 Å². The minimum Gasteiger partial charge on any atom is -0.480 e. The molecular formula is C7H11N2O2S. The van der Waals surface area contributed by atoms with Crippen molar-refractivity contribution in [2.75, 3.05) is 12.4 Å². The Morgan fingerprint density at radius 2 is 2.58 bits per heavy atom. The van der Waals surface area contributed by atoms with E-state index in [0.29, 0.717) is 18.3 Å². The van der Waals surface area contributed by atoms with Crippen LogP contribution in [0.3, 0.4) is 0 Å². The highest BCUT2D eigenvalue weighted by atomic mass is 32.1. The molecule has 0 aromatic heterocycles. The number of thiol groups is 1. The Bertz CT molecular complexity index is 206. The normalized spacial score (nSPS) is 23.0. The third-order valence-electron chi connectivity index (χ3n) is 1.39. The molecule has 1 aliphatic heterocycles. The lowest BCUT2D eigenvalue weighted by Gasteiger charge is -2.18. The second kappa shape index (κ2) is 4.35. The minimum atomic E-state index is -0.417. The van der Waals surface area contributed by atoms with Crippen LogP contribution in [0.2, 0.25) is 0 Å². The predicted octanol–water partition coefficient (Wildman–Crippen LogP) is 0.0114. The SMILES string of the molecule is CCOC1=N[C@@H](CS)C(=O)N[CH]1. The van der Waals surface area contributed by atoms with Gasteiger partial charge in [0.2, 0.25) is 11.8 Å². The highest BCUT2D eigenvalue weighted by molar-refractivity contribution is 7.80. The number of carbonyl (C=O) groups is 1. The zero-order valence-corrected chi connectivity index (χ0v) is 7.67. The molecule has 12 heavy (non-hydrogen) atoms. The lowest BCUT2D eigenvalue weighted by molar-refractivity contribution is -0.121. The number of amides is 1. The van der Waals surface area contributed by atoms with Crippen molar-refractivity contribution in [3.8, 4) is 0 Å². The Morgan fingerprint density at radius 3 is 3.17 bits per heavy atom. The first-order valence-electron chi connectivity index (χ1n) is 3.73. The highest BCUT2D eigenvalue weighted by Gasteiger charge is 2.22. The van der Waals surface area contributed by atoms with Gasteiger partial charge in [-0.1, -0.05) is 0 Å². The second-order valence-corrected chi connectivity index (χ2v) is 2.62. The molecule has 1 rings (SSSR count). The third-order valence-corrected chi connectivity index (χ3v) is 1.73. The van der Waals surface area contributed by atoms with Crippen molar-refractivity contribution < 1.29 is 9.53 Å². The number of carbonyl (C=O) groups excluding carboxylic acids is 1. The maximum absolute atomic E-state index is 11.0. The van der Waals surface area contributed by atoms with Gasteiger partial charge >= 0.3 is 0 Å². The van der Waals surface area contributed by atoms with Crippen LogP contribution in [0.25, 0.3) is 0 Å². The van der Waals surface area contributed by atoms with E-state index in [0.717, 1.165) is 0 Å². The second-order valence-electron chi connectivity index (χ2n) is 2.25. The van der Waals surface area contributed by atoms with Gasteiger partial charge < -0.3 is 10.1 Å². The molecule has 1 heterocycles. The van der Waals surface area contributed by atoms with E-state index in [-0.39, 0.29) is 5.91 Å². The summed E-state index contributed by atoms with van der Waals surface area (Å²) in [4.78, 5) is 15.0. The highest BCUT2D eigenvalue weighted by Crippen LogP contribution is 2.03. The Morgan fingerprint density at radius 1 is 1.83 bits per heavy atom. The van der Waals surface area contributed by atoms with Crippen LogP contribution in [0.15, 0.2) is 4.99 Å². The maximum atomic E-state index is 11.0. The van der Waals surface area contributed by atoms with Crippen LogP contribution in [-0.4, -0.2) is 30.2 Å². The van der Waals surface area contributed by atoms with Crippen molar-refractivity contribution in [1.82, 2.24) is 5.32 Å². The van der Waals surface area contributed by atoms with Crippen molar-refractivity contribution in [2.45, 2.75) is 13.0 Å². The Balaban J connectivity index is 2.60. The first kappa shape index (κ1) is 9.38. The first-order valence-corrected chi connectivity index (χ1v) is 4.36. The Labute approximate surface area is 76.8 Å². The standard InChI is InChI=1S/C7H11N2O2S/c1-2-11-6-3-8-7(10)5(4-12)9-6/h3,5,12H,2,4H2,1H3,(H,8,10)/t5-/m0/s1. The molecule has 0 aromatic carbocycles. The van der Waals surface area contributed by atoms with Crippen LogP contribution in [0.1, 0.15) is 6.92 Å². The zero-order chi connectivity index (χ0) is 8.97. The molecule has 1 aliphatic rings. The van der Waals surface area contributed by atoms with Crippen molar-refractivity contribution in [1.29, 1.82) is 0 Å². The Kier molecular flexibility index (Phi) is 3.40. The van der Waals surface area contributed by atoms with E-state index < -0.39 is 6.04 Å². The van der Waals surface area contributed by atoms with Gasteiger partial charge in [-0.15, -0.1) is 0 Å². The summed E-state index contributed by atoms with van der Waals surface area (Å²) < 4.78 is 5.11. The number of hydrogen-bond donors (Lipinski definition) is 2. The maximum Gasteiger partial charge on any atom is 0.246 e. The largest absolute Gasteiger partial charge is 0.480 e. The predicted molar refractivity (Wildman–Crippen MR) is 49.1 cm³/mol. The van der Waals surface area contributed by atoms with Gasteiger partial charge in [0.15, 0.2) is 0 Å². The topological polar surface area (TPSA) is 50.7 Å². The molecule has 0 aromatic rings. The molecule has 0 fully saturated rings. The van der Waals surface area contributed by atoms with Gasteiger partial charge in [-0.05, 0) is 6.92 Å². The third kappa shape index (κ3) is 2.14. The van der Waals surface area contributed by atoms with E-state index in [1.54, 1.807) is 0 Å². The van der Waals surface area contributed by atoms with E-state index in [1.807, 2.05) is 6.92 Å². The summed E-state index contributed by atoms with van der Waals surface area (Å²) in [5.74, 6) is 0.737. The van der Waals surface area contributed by atoms with E-state index in [1.165, 1.54) is 6.54 Å². The smallest absolute Gasteiger partial charge is 0.246 e. The number of aliphatic imine (C=N–C) groups is 1. The fraction of sp³-hybridized carbons (Fsp3) is 0.571. The molecular weight excluding hydrogens is 176 g/mol. The van der Waals surface area contributed by atoms with Crippen LogP contribution in [0, 0.1) is 6.54 Å². The molecule has 5 heteroatoms. The molecule has 4 nitrogen and oxygen atoms in total. The summed E-state index contributed by atoms with van der Waals surface area (Å²) in [7, 11) is 0. The van der Waals surface area contributed by atoms with E-state index in [4.69, 9.17) is 4.74 Å². The van der Waals surface area contributed by atoms with Crippen LogP contribution in [-0.2, 0) is 9.53 Å². The molecule has 1 N–H and O–H groups in total. The average Bonchev–Trinajstić information content (AvgIpc) is 2.09. The number of hydrogen-bond acceptors (Lipinski definition) is 4. The van der Waals surface area contributed by atoms with Crippen molar-refractivity contribution in [3.63, 3.8) is 0 Å². The van der Waals surface area contributed by atoms with Gasteiger partial charge in [-0.3, -0.25) is 4.79 Å². The van der Waals surface area contributed by atoms with Crippen molar-refractivity contribution in [2.24, 2.45) is 4.99 Å². The summed E-state index contributed by atoms with van der Waals surface area (Å²) in [5, 5.41) is 2.55. The summed E-state index contributed by atoms with van der Waals surface area (Å²) in [6.07, 6.45) is 0. The lowest BCUT2D eigenvalue weighted by atomic mass is 10.3.